The average molecular weight is 403 g/mol. The maximum absolute atomic E-state index is 12.8. The van der Waals surface area contributed by atoms with Crippen molar-refractivity contribution in [1.29, 1.82) is 5.26 Å². The maximum Gasteiger partial charge on any atom is 0.267 e. The summed E-state index contributed by atoms with van der Waals surface area (Å²) in [4.78, 5) is 28.7. The molecule has 0 bridgehead atoms. The van der Waals surface area contributed by atoms with E-state index in [1.807, 2.05) is 18.2 Å². The smallest absolute Gasteiger partial charge is 0.267 e. The molecular weight excluding hydrogens is 382 g/mol. The third-order valence-corrected chi connectivity index (χ3v) is 5.15. The standard InChI is InChI=1S/C23H21N3O4/c24-15-18-7-5-17(6-8-18)9-10-22(27)25-11-13-26(14-12-25)23(28)21-16-29-19-3-1-2-4-20(19)30-21/h1-10,21H,11-14,16H2/b10-9+/t21-/m1/s1. The van der Waals surface area contributed by atoms with E-state index in [4.69, 9.17) is 14.7 Å². The highest BCUT2D eigenvalue weighted by Gasteiger charge is 2.33. The summed E-state index contributed by atoms with van der Waals surface area (Å²) in [5, 5.41) is 8.83. The van der Waals surface area contributed by atoms with E-state index in [9.17, 15) is 9.59 Å². The van der Waals surface area contributed by atoms with Crippen LogP contribution in [0.5, 0.6) is 11.5 Å². The molecule has 2 heterocycles. The van der Waals surface area contributed by atoms with Crippen LogP contribution in [0.1, 0.15) is 11.1 Å². The Labute approximate surface area is 174 Å². The van der Waals surface area contributed by atoms with Crippen molar-refractivity contribution >= 4 is 17.9 Å². The second-order valence-corrected chi connectivity index (χ2v) is 7.08. The Balaban J connectivity index is 1.29. The van der Waals surface area contributed by atoms with E-state index in [0.717, 1.165) is 5.56 Å². The molecule has 4 rings (SSSR count). The molecule has 1 fully saturated rings. The molecule has 0 radical (unpaired) electrons. The Bertz CT molecular complexity index is 1000. The highest BCUT2D eigenvalue weighted by Crippen LogP contribution is 2.31. The van der Waals surface area contributed by atoms with Crippen molar-refractivity contribution in [2.75, 3.05) is 32.8 Å². The Morgan fingerprint density at radius 3 is 2.33 bits per heavy atom. The number of nitriles is 1. The third-order valence-electron chi connectivity index (χ3n) is 5.15. The first-order chi connectivity index (χ1) is 14.6. The first-order valence-corrected chi connectivity index (χ1v) is 9.78. The first kappa shape index (κ1) is 19.5. The van der Waals surface area contributed by atoms with Crippen LogP contribution >= 0.6 is 0 Å². The number of carbonyl (C=O) groups excluding carboxylic acids is 2. The number of fused-ring (bicyclic) bond motifs is 1. The van der Waals surface area contributed by atoms with Crippen molar-refractivity contribution in [3.63, 3.8) is 0 Å². The van der Waals surface area contributed by atoms with Gasteiger partial charge in [0.05, 0.1) is 11.6 Å². The fourth-order valence-electron chi connectivity index (χ4n) is 3.43. The molecule has 2 aliphatic rings. The highest BCUT2D eigenvalue weighted by atomic mass is 16.6. The van der Waals surface area contributed by atoms with E-state index in [1.54, 1.807) is 46.2 Å². The molecule has 0 unspecified atom stereocenters. The lowest BCUT2D eigenvalue weighted by atomic mass is 10.1. The van der Waals surface area contributed by atoms with Crippen molar-refractivity contribution in [2.24, 2.45) is 0 Å². The number of hydrogen-bond acceptors (Lipinski definition) is 5. The van der Waals surface area contributed by atoms with E-state index in [1.165, 1.54) is 6.08 Å². The maximum atomic E-state index is 12.8. The van der Waals surface area contributed by atoms with Crippen LogP contribution < -0.4 is 9.47 Å². The monoisotopic (exact) mass is 403 g/mol. The van der Waals surface area contributed by atoms with Gasteiger partial charge in [-0.25, -0.2) is 0 Å². The molecule has 0 spiro atoms. The van der Waals surface area contributed by atoms with Crippen LogP contribution in [-0.4, -0.2) is 60.5 Å². The Morgan fingerprint density at radius 1 is 0.967 bits per heavy atom. The second kappa shape index (κ2) is 8.70. The number of hydrogen-bond donors (Lipinski definition) is 0. The Kier molecular flexibility index (Phi) is 5.66. The van der Waals surface area contributed by atoms with E-state index in [-0.39, 0.29) is 18.4 Å². The van der Waals surface area contributed by atoms with Crippen LogP contribution in [0.4, 0.5) is 0 Å². The number of rotatable bonds is 3. The summed E-state index contributed by atoms with van der Waals surface area (Å²) in [5.74, 6) is 0.997. The molecule has 2 aliphatic heterocycles. The lowest BCUT2D eigenvalue weighted by molar-refractivity contribution is -0.145. The van der Waals surface area contributed by atoms with Crippen molar-refractivity contribution in [2.45, 2.75) is 6.10 Å². The molecule has 1 atom stereocenters. The van der Waals surface area contributed by atoms with Gasteiger partial charge in [0.25, 0.3) is 5.91 Å². The third kappa shape index (κ3) is 4.28. The minimum absolute atomic E-state index is 0.0994. The molecular formula is C23H21N3O4. The number of amides is 2. The summed E-state index contributed by atoms with van der Waals surface area (Å²) >= 11 is 0. The molecule has 1 saturated heterocycles. The van der Waals surface area contributed by atoms with Crippen LogP contribution in [0, 0.1) is 11.3 Å². The predicted molar refractivity (Wildman–Crippen MR) is 110 cm³/mol. The second-order valence-electron chi connectivity index (χ2n) is 7.08. The first-order valence-electron chi connectivity index (χ1n) is 9.78. The SMILES string of the molecule is N#Cc1ccc(/C=C/C(=O)N2CCN(C(=O)[C@H]3COc4ccccc4O3)CC2)cc1. The topological polar surface area (TPSA) is 82.9 Å². The van der Waals surface area contributed by atoms with Gasteiger partial charge >= 0.3 is 0 Å². The zero-order valence-electron chi connectivity index (χ0n) is 16.4. The van der Waals surface area contributed by atoms with Gasteiger partial charge in [0.1, 0.15) is 6.61 Å². The van der Waals surface area contributed by atoms with Gasteiger partial charge in [-0.2, -0.15) is 5.26 Å². The van der Waals surface area contributed by atoms with Crippen LogP contribution in [0.25, 0.3) is 6.08 Å². The van der Waals surface area contributed by atoms with E-state index < -0.39 is 6.10 Å². The average Bonchev–Trinajstić information content (AvgIpc) is 2.82. The van der Waals surface area contributed by atoms with Crippen molar-refractivity contribution < 1.29 is 19.1 Å². The number of carbonyl (C=O) groups is 2. The minimum Gasteiger partial charge on any atom is -0.485 e. The van der Waals surface area contributed by atoms with Crippen molar-refractivity contribution in [3.8, 4) is 17.6 Å². The molecule has 2 aromatic rings. The fraction of sp³-hybridized carbons (Fsp3) is 0.261. The molecule has 7 nitrogen and oxygen atoms in total. The summed E-state index contributed by atoms with van der Waals surface area (Å²) in [5.41, 5.74) is 1.43. The molecule has 2 aromatic carbocycles. The molecule has 0 aliphatic carbocycles. The van der Waals surface area contributed by atoms with E-state index in [0.29, 0.717) is 43.2 Å². The van der Waals surface area contributed by atoms with Crippen LogP contribution in [0.2, 0.25) is 0 Å². The number of benzene rings is 2. The normalized spacial score (nSPS) is 18.2. The van der Waals surface area contributed by atoms with E-state index >= 15 is 0 Å². The van der Waals surface area contributed by atoms with Gasteiger partial charge in [-0.15, -0.1) is 0 Å². The fourth-order valence-corrected chi connectivity index (χ4v) is 3.43. The Morgan fingerprint density at radius 2 is 1.63 bits per heavy atom. The quantitative estimate of drug-likeness (QED) is 0.733. The lowest BCUT2D eigenvalue weighted by Gasteiger charge is -2.36. The molecule has 0 N–H and O–H groups in total. The number of piperazine rings is 1. The summed E-state index contributed by atoms with van der Waals surface area (Å²) in [6, 6.07) is 16.4. The molecule has 0 aromatic heterocycles. The summed E-state index contributed by atoms with van der Waals surface area (Å²) < 4.78 is 11.4. The largest absolute Gasteiger partial charge is 0.485 e. The van der Waals surface area contributed by atoms with Gasteiger partial charge in [-0.3, -0.25) is 9.59 Å². The minimum atomic E-state index is -0.668. The van der Waals surface area contributed by atoms with E-state index in [2.05, 4.69) is 6.07 Å². The Hall–Kier alpha value is -3.79. The zero-order valence-corrected chi connectivity index (χ0v) is 16.4. The molecule has 152 valence electrons. The molecule has 7 heteroatoms. The van der Waals surface area contributed by atoms with Gasteiger partial charge in [0.2, 0.25) is 12.0 Å². The number of ether oxygens (including phenoxy) is 2. The summed E-state index contributed by atoms with van der Waals surface area (Å²) in [7, 11) is 0. The molecule has 0 saturated carbocycles. The lowest BCUT2D eigenvalue weighted by Crippen LogP contribution is -2.54. The van der Waals surface area contributed by atoms with Crippen molar-refractivity contribution in [3.05, 3.63) is 65.7 Å². The summed E-state index contributed by atoms with van der Waals surface area (Å²) in [6.45, 7) is 2.02. The molecule has 2 amide bonds. The van der Waals surface area contributed by atoms with Gasteiger partial charge in [-0.05, 0) is 35.9 Å². The van der Waals surface area contributed by atoms with Gasteiger partial charge in [0, 0.05) is 32.3 Å². The summed E-state index contributed by atoms with van der Waals surface area (Å²) in [6.07, 6.45) is 2.58. The van der Waals surface area contributed by atoms with Crippen LogP contribution in [0.3, 0.4) is 0 Å². The van der Waals surface area contributed by atoms with Crippen molar-refractivity contribution in [1.82, 2.24) is 9.80 Å². The van der Waals surface area contributed by atoms with Gasteiger partial charge in [0.15, 0.2) is 11.5 Å². The van der Waals surface area contributed by atoms with Gasteiger partial charge < -0.3 is 19.3 Å². The number of para-hydroxylation sites is 2. The molecule has 30 heavy (non-hydrogen) atoms. The zero-order chi connectivity index (χ0) is 20.9. The predicted octanol–water partition coefficient (Wildman–Crippen LogP) is 2.08. The van der Waals surface area contributed by atoms with Gasteiger partial charge in [-0.1, -0.05) is 24.3 Å². The highest BCUT2D eigenvalue weighted by molar-refractivity contribution is 5.92. The van der Waals surface area contributed by atoms with Crippen LogP contribution in [0.15, 0.2) is 54.6 Å². The number of nitrogens with zero attached hydrogens (tertiary/aromatic N) is 3. The van der Waals surface area contributed by atoms with Crippen LogP contribution in [-0.2, 0) is 9.59 Å².